The van der Waals surface area contributed by atoms with E-state index in [-0.39, 0.29) is 36.2 Å². The van der Waals surface area contributed by atoms with Gasteiger partial charge in [-0.15, -0.1) is 0 Å². The van der Waals surface area contributed by atoms with E-state index in [1.165, 1.54) is 4.90 Å². The number of fused-ring (bicyclic) bond motifs is 1. The Kier molecular flexibility index (Phi) is 6.58. The van der Waals surface area contributed by atoms with Gasteiger partial charge < -0.3 is 15.8 Å². The van der Waals surface area contributed by atoms with Gasteiger partial charge >= 0.3 is 6.18 Å². The number of rotatable bonds is 5. The van der Waals surface area contributed by atoms with Crippen molar-refractivity contribution in [3.8, 4) is 5.75 Å². The molecule has 3 aliphatic rings. The number of nitrogens with one attached hydrogen (secondary N) is 1. The molecule has 12 heteroatoms. The molecule has 40 heavy (non-hydrogen) atoms. The summed E-state index contributed by atoms with van der Waals surface area (Å²) in [7, 11) is 0. The van der Waals surface area contributed by atoms with E-state index in [1.807, 2.05) is 0 Å². The van der Waals surface area contributed by atoms with Crippen LogP contribution in [0, 0.1) is 17.7 Å². The van der Waals surface area contributed by atoms with Crippen molar-refractivity contribution < 1.29 is 31.9 Å². The molecule has 0 saturated heterocycles. The lowest BCUT2D eigenvalue weighted by atomic mass is 9.87. The van der Waals surface area contributed by atoms with Gasteiger partial charge in [0.2, 0.25) is 11.8 Å². The summed E-state index contributed by atoms with van der Waals surface area (Å²) < 4.78 is 61.7. The van der Waals surface area contributed by atoms with Gasteiger partial charge in [-0.25, -0.2) is 9.38 Å². The van der Waals surface area contributed by atoms with Crippen LogP contribution in [0.25, 0.3) is 0 Å². The number of guanidine groups is 1. The molecule has 8 nitrogen and oxygen atoms in total. The minimum atomic E-state index is -4.77. The Balaban J connectivity index is 1.44. The zero-order chi connectivity index (χ0) is 29.2. The van der Waals surface area contributed by atoms with E-state index in [4.69, 9.17) is 10.5 Å². The van der Waals surface area contributed by atoms with E-state index < -0.39 is 58.4 Å². The van der Waals surface area contributed by atoms with Gasteiger partial charge in [-0.05, 0) is 63.8 Å². The van der Waals surface area contributed by atoms with Gasteiger partial charge in [0.15, 0.2) is 5.96 Å². The third-order valence-electron chi connectivity index (χ3n) is 7.59. The number of halogens is 4. The van der Waals surface area contributed by atoms with Gasteiger partial charge in [0.25, 0.3) is 0 Å². The van der Waals surface area contributed by atoms with Gasteiger partial charge in [-0.1, -0.05) is 6.07 Å². The molecule has 1 aromatic heterocycles. The number of hydrogen-bond acceptors (Lipinski definition) is 6. The predicted octanol–water partition coefficient (Wildman–Crippen LogP) is 4.66. The van der Waals surface area contributed by atoms with Gasteiger partial charge in [0.05, 0.1) is 35.2 Å². The summed E-state index contributed by atoms with van der Waals surface area (Å²) in [5.41, 5.74) is 3.74. The Morgan fingerprint density at radius 1 is 1.23 bits per heavy atom. The van der Waals surface area contributed by atoms with Crippen molar-refractivity contribution in [2.24, 2.45) is 22.6 Å². The molecule has 2 amide bonds. The number of ether oxygens (including phenoxy) is 1. The maximum Gasteiger partial charge on any atom is 0.419 e. The first kappa shape index (κ1) is 27.9. The number of aromatic nitrogens is 1. The zero-order valence-electron chi connectivity index (χ0n) is 22.6. The second-order valence-electron chi connectivity index (χ2n) is 11.9. The number of nitrogens with two attached hydrogens (primary N) is 1. The van der Waals surface area contributed by atoms with Crippen LogP contribution >= 0.6 is 0 Å². The second kappa shape index (κ2) is 9.45. The number of hydrogen-bond donors (Lipinski definition) is 2. The summed E-state index contributed by atoms with van der Waals surface area (Å²) in [6.45, 7) is 6.78. The first-order chi connectivity index (χ1) is 18.6. The average Bonchev–Trinajstić information content (AvgIpc) is 3.60. The number of pyridine rings is 1. The Labute approximate surface area is 229 Å². The summed E-state index contributed by atoms with van der Waals surface area (Å²) in [5.74, 6) is -3.10. The van der Waals surface area contributed by atoms with Gasteiger partial charge in [-0.3, -0.25) is 19.5 Å². The van der Waals surface area contributed by atoms with Crippen LogP contribution in [0.3, 0.4) is 0 Å². The van der Waals surface area contributed by atoms with Crippen LogP contribution in [0.1, 0.15) is 75.7 Å². The van der Waals surface area contributed by atoms with Gasteiger partial charge in [0.1, 0.15) is 17.2 Å². The molecular formula is C28H31F4N5O3. The summed E-state index contributed by atoms with van der Waals surface area (Å²) in [6.07, 6.45) is -1.00. The number of amides is 2. The second-order valence-corrected chi connectivity index (χ2v) is 11.9. The average molecular weight is 562 g/mol. The summed E-state index contributed by atoms with van der Waals surface area (Å²) in [4.78, 5) is 36.8. The largest absolute Gasteiger partial charge is 0.487 e. The first-order valence-corrected chi connectivity index (χ1v) is 13.0. The zero-order valence-corrected chi connectivity index (χ0v) is 22.6. The number of benzene rings is 1. The van der Waals surface area contributed by atoms with E-state index in [0.29, 0.717) is 18.1 Å². The third kappa shape index (κ3) is 5.23. The highest BCUT2D eigenvalue weighted by Gasteiger charge is 2.54. The Morgan fingerprint density at radius 3 is 2.58 bits per heavy atom. The molecule has 2 aromatic rings. The molecule has 1 aromatic carbocycles. The number of carbonyl (C=O) groups excluding carboxylic acids is 2. The highest BCUT2D eigenvalue weighted by atomic mass is 19.4. The third-order valence-corrected chi connectivity index (χ3v) is 7.59. The smallest absolute Gasteiger partial charge is 0.419 e. The Hall–Kier alpha value is -3.70. The molecule has 0 bridgehead atoms. The monoisotopic (exact) mass is 561 g/mol. The van der Waals surface area contributed by atoms with Crippen molar-refractivity contribution in [2.45, 2.75) is 76.4 Å². The molecule has 3 unspecified atom stereocenters. The fourth-order valence-corrected chi connectivity index (χ4v) is 5.83. The maximum absolute atomic E-state index is 14.9. The highest BCUT2D eigenvalue weighted by molar-refractivity contribution is 5.99. The highest BCUT2D eigenvalue weighted by Crippen LogP contribution is 2.52. The normalized spacial score (nSPS) is 25.8. The molecule has 1 fully saturated rings. The Morgan fingerprint density at radius 2 is 1.95 bits per heavy atom. The predicted molar refractivity (Wildman–Crippen MR) is 137 cm³/mol. The molecule has 4 atom stereocenters. The van der Waals surface area contributed by atoms with Crippen molar-refractivity contribution in [2.75, 3.05) is 0 Å². The van der Waals surface area contributed by atoms with Crippen molar-refractivity contribution in [1.82, 2.24) is 15.2 Å². The SMILES string of the molecule is CC1(C)CC(=O)N([C@H](c2cccnc2)C2CC2C(=O)NC2CC(C)(C)Oc3c(C(F)(F)F)ccc(F)c32)C(N)=N1. The standard InChI is InChI=1S/C28H31F4N5O3/c1-26(2)12-20(38)37(25(33)36-26)22(14-6-5-9-34-13-14)15-10-16(15)24(39)35-19-11-27(3,4)40-23-17(28(30,31)32)7-8-18(29)21(19)23/h5-9,13,15-16,19,22H,10-12H2,1-4H3,(H2,33,36)(H,35,39)/t15?,16?,19?,22-/m1/s1. The molecule has 0 spiro atoms. The minimum absolute atomic E-state index is 0.0445. The lowest BCUT2D eigenvalue weighted by Crippen LogP contribution is -2.52. The van der Waals surface area contributed by atoms with E-state index in [9.17, 15) is 27.2 Å². The van der Waals surface area contributed by atoms with Crippen LogP contribution in [-0.4, -0.2) is 38.8 Å². The Bertz CT molecular complexity index is 1380. The van der Waals surface area contributed by atoms with Crippen LogP contribution < -0.4 is 15.8 Å². The molecule has 2 aliphatic heterocycles. The van der Waals surface area contributed by atoms with Gasteiger partial charge in [0, 0.05) is 24.7 Å². The molecule has 3 N–H and O–H groups in total. The van der Waals surface area contributed by atoms with Crippen LogP contribution in [0.15, 0.2) is 41.7 Å². The maximum atomic E-state index is 14.9. The number of aliphatic imine (C=N–C) groups is 1. The van der Waals surface area contributed by atoms with Crippen LogP contribution in [0.5, 0.6) is 5.75 Å². The number of carbonyl (C=O) groups is 2. The summed E-state index contributed by atoms with van der Waals surface area (Å²) in [6, 6.07) is 3.22. The molecule has 1 saturated carbocycles. The molecule has 214 valence electrons. The summed E-state index contributed by atoms with van der Waals surface area (Å²) in [5, 5.41) is 2.78. The summed E-state index contributed by atoms with van der Waals surface area (Å²) >= 11 is 0. The minimum Gasteiger partial charge on any atom is -0.487 e. The lowest BCUT2D eigenvalue weighted by Gasteiger charge is -2.39. The quantitative estimate of drug-likeness (QED) is 0.516. The topological polar surface area (TPSA) is 110 Å². The molecule has 3 heterocycles. The fourth-order valence-electron chi connectivity index (χ4n) is 5.83. The van der Waals surface area contributed by atoms with Crippen LogP contribution in [0.4, 0.5) is 17.6 Å². The van der Waals surface area contributed by atoms with E-state index in [2.05, 4.69) is 15.3 Å². The van der Waals surface area contributed by atoms with Crippen molar-refractivity contribution in [1.29, 1.82) is 0 Å². The van der Waals surface area contributed by atoms with Crippen molar-refractivity contribution in [3.05, 3.63) is 59.2 Å². The first-order valence-electron chi connectivity index (χ1n) is 13.0. The van der Waals surface area contributed by atoms with E-state index >= 15 is 0 Å². The molecule has 1 aliphatic carbocycles. The van der Waals surface area contributed by atoms with Crippen molar-refractivity contribution in [3.63, 3.8) is 0 Å². The molecule has 0 radical (unpaired) electrons. The molecule has 5 rings (SSSR count). The van der Waals surface area contributed by atoms with Crippen LogP contribution in [0.2, 0.25) is 0 Å². The van der Waals surface area contributed by atoms with E-state index in [1.54, 1.807) is 52.2 Å². The fraction of sp³-hybridized carbons (Fsp3) is 0.500. The van der Waals surface area contributed by atoms with Gasteiger partial charge in [-0.2, -0.15) is 13.2 Å². The van der Waals surface area contributed by atoms with E-state index in [0.717, 1.165) is 6.07 Å². The number of nitrogens with zero attached hydrogens (tertiary/aromatic N) is 3. The van der Waals surface area contributed by atoms with Crippen molar-refractivity contribution >= 4 is 17.8 Å². The van der Waals surface area contributed by atoms with Crippen LogP contribution in [-0.2, 0) is 15.8 Å². The number of alkyl halides is 3. The lowest BCUT2D eigenvalue weighted by molar-refractivity contribution is -0.140. The molecular weight excluding hydrogens is 530 g/mol.